The third-order valence-electron chi connectivity index (χ3n) is 4.62. The van der Waals surface area contributed by atoms with Crippen molar-refractivity contribution in [3.63, 3.8) is 0 Å². The van der Waals surface area contributed by atoms with Crippen LogP contribution in [0.25, 0.3) is 0 Å². The zero-order chi connectivity index (χ0) is 18.5. The summed E-state index contributed by atoms with van der Waals surface area (Å²) in [6.45, 7) is 3.54. The van der Waals surface area contributed by atoms with Crippen molar-refractivity contribution in [1.82, 2.24) is 10.2 Å². The van der Waals surface area contributed by atoms with Crippen LogP contribution in [0.3, 0.4) is 0 Å². The first-order valence-corrected chi connectivity index (χ1v) is 9.12. The molecule has 0 atom stereocenters. The Bertz CT molecular complexity index is 803. The molecule has 0 radical (unpaired) electrons. The fraction of sp³-hybridized carbons (Fsp3) is 0.300. The molecular weight excluding hydrogens is 349 g/mol. The second kappa shape index (κ2) is 8.27. The third-order valence-corrected chi connectivity index (χ3v) is 4.98. The van der Waals surface area contributed by atoms with Crippen molar-refractivity contribution in [2.75, 3.05) is 18.4 Å². The number of likely N-dealkylation sites (tertiary alicyclic amines) is 1. The van der Waals surface area contributed by atoms with Crippen LogP contribution >= 0.6 is 12.2 Å². The number of halogens is 1. The number of amides is 1. The zero-order valence-corrected chi connectivity index (χ0v) is 15.5. The number of hydrogen-bond donors (Lipinski definition) is 2. The van der Waals surface area contributed by atoms with Crippen LogP contribution in [-0.2, 0) is 0 Å². The normalized spacial score (nSPS) is 14.8. The fourth-order valence-electron chi connectivity index (χ4n) is 3.04. The highest BCUT2D eigenvalue weighted by Gasteiger charge is 2.23. The Morgan fingerprint density at radius 2 is 1.77 bits per heavy atom. The van der Waals surface area contributed by atoms with Crippen molar-refractivity contribution in [3.05, 3.63) is 65.5 Å². The molecule has 6 heteroatoms. The zero-order valence-electron chi connectivity index (χ0n) is 14.7. The Labute approximate surface area is 158 Å². The number of hydrogen-bond acceptors (Lipinski definition) is 2. The van der Waals surface area contributed by atoms with Crippen molar-refractivity contribution in [2.45, 2.75) is 25.8 Å². The molecule has 2 aromatic rings. The van der Waals surface area contributed by atoms with E-state index >= 15 is 0 Å². The summed E-state index contributed by atoms with van der Waals surface area (Å²) in [7, 11) is 0. The molecule has 1 amide bonds. The minimum absolute atomic E-state index is 0.0274. The van der Waals surface area contributed by atoms with Gasteiger partial charge in [-0.25, -0.2) is 4.39 Å². The van der Waals surface area contributed by atoms with E-state index < -0.39 is 5.82 Å². The van der Waals surface area contributed by atoms with Gasteiger partial charge in [-0.3, -0.25) is 4.79 Å². The molecule has 0 aliphatic carbocycles. The number of carbonyl (C=O) groups excluding carboxylic acids is 1. The number of rotatable bonds is 3. The van der Waals surface area contributed by atoms with Gasteiger partial charge < -0.3 is 15.5 Å². The van der Waals surface area contributed by atoms with E-state index in [9.17, 15) is 9.18 Å². The molecule has 26 heavy (non-hydrogen) atoms. The van der Waals surface area contributed by atoms with E-state index in [4.69, 9.17) is 12.2 Å². The highest BCUT2D eigenvalue weighted by atomic mass is 32.1. The van der Waals surface area contributed by atoms with Gasteiger partial charge in [0.1, 0.15) is 5.82 Å². The molecule has 1 saturated heterocycles. The number of thiocarbonyl (C=S) groups is 1. The van der Waals surface area contributed by atoms with Gasteiger partial charge in [-0.1, -0.05) is 30.3 Å². The van der Waals surface area contributed by atoms with E-state index in [-0.39, 0.29) is 17.5 Å². The van der Waals surface area contributed by atoms with E-state index in [1.54, 1.807) is 12.1 Å². The number of nitrogens with one attached hydrogen (secondary N) is 2. The Kier molecular flexibility index (Phi) is 5.83. The second-order valence-electron chi connectivity index (χ2n) is 6.46. The maximum atomic E-state index is 13.7. The number of anilines is 1. The van der Waals surface area contributed by atoms with Crippen LogP contribution < -0.4 is 10.6 Å². The van der Waals surface area contributed by atoms with Crippen LogP contribution in [0.1, 0.15) is 28.8 Å². The van der Waals surface area contributed by atoms with E-state index in [1.165, 1.54) is 12.1 Å². The fourth-order valence-corrected chi connectivity index (χ4v) is 3.34. The summed E-state index contributed by atoms with van der Waals surface area (Å²) in [5, 5.41) is 6.91. The SMILES string of the molecule is Cc1ccccc1NC(=S)N1CCC(NC(=O)c2ccccc2F)CC1. The molecule has 4 nitrogen and oxygen atoms in total. The third kappa shape index (κ3) is 4.38. The average molecular weight is 371 g/mol. The molecule has 3 rings (SSSR count). The van der Waals surface area contributed by atoms with Gasteiger partial charge in [0.2, 0.25) is 0 Å². The van der Waals surface area contributed by atoms with Gasteiger partial charge >= 0.3 is 0 Å². The molecule has 0 bridgehead atoms. The Balaban J connectivity index is 1.51. The maximum Gasteiger partial charge on any atom is 0.254 e. The van der Waals surface area contributed by atoms with E-state index in [1.807, 2.05) is 31.2 Å². The first-order chi connectivity index (χ1) is 12.5. The first-order valence-electron chi connectivity index (χ1n) is 8.71. The van der Waals surface area contributed by atoms with Crippen molar-refractivity contribution < 1.29 is 9.18 Å². The molecular formula is C20H22FN3OS. The van der Waals surface area contributed by atoms with E-state index in [0.717, 1.165) is 37.2 Å². The van der Waals surface area contributed by atoms with Gasteiger partial charge in [-0.15, -0.1) is 0 Å². The molecule has 0 unspecified atom stereocenters. The average Bonchev–Trinajstić information content (AvgIpc) is 2.64. The maximum absolute atomic E-state index is 13.7. The Morgan fingerprint density at radius 1 is 1.12 bits per heavy atom. The molecule has 1 aliphatic heterocycles. The highest BCUT2D eigenvalue weighted by molar-refractivity contribution is 7.80. The smallest absolute Gasteiger partial charge is 0.254 e. The monoisotopic (exact) mass is 371 g/mol. The lowest BCUT2D eigenvalue weighted by Crippen LogP contribution is -2.47. The summed E-state index contributed by atoms with van der Waals surface area (Å²) in [5.74, 6) is -0.854. The topological polar surface area (TPSA) is 44.4 Å². The number of nitrogens with zero attached hydrogens (tertiary/aromatic N) is 1. The summed E-state index contributed by atoms with van der Waals surface area (Å²) in [6.07, 6.45) is 1.55. The molecule has 2 aromatic carbocycles. The van der Waals surface area contributed by atoms with Crippen LogP contribution in [0.15, 0.2) is 48.5 Å². The van der Waals surface area contributed by atoms with Crippen LogP contribution in [0.2, 0.25) is 0 Å². The lowest BCUT2D eigenvalue weighted by molar-refractivity contribution is 0.0918. The summed E-state index contributed by atoms with van der Waals surface area (Å²) in [6, 6.07) is 14.1. The predicted octanol–water partition coefficient (Wildman–Crippen LogP) is 3.73. The second-order valence-corrected chi connectivity index (χ2v) is 6.85. The van der Waals surface area contributed by atoms with Crippen molar-refractivity contribution >= 4 is 28.9 Å². The minimum Gasteiger partial charge on any atom is -0.349 e. The Hall–Kier alpha value is -2.47. The number of benzene rings is 2. The molecule has 1 fully saturated rings. The highest BCUT2D eigenvalue weighted by Crippen LogP contribution is 2.17. The van der Waals surface area contributed by atoms with E-state index in [2.05, 4.69) is 15.5 Å². The molecule has 1 heterocycles. The van der Waals surface area contributed by atoms with Crippen LogP contribution in [0, 0.1) is 12.7 Å². The van der Waals surface area contributed by atoms with Crippen LogP contribution in [0.5, 0.6) is 0 Å². The predicted molar refractivity (Wildman–Crippen MR) is 106 cm³/mol. The van der Waals surface area contributed by atoms with Crippen LogP contribution in [-0.4, -0.2) is 35.1 Å². The molecule has 0 saturated carbocycles. The molecule has 1 aliphatic rings. The van der Waals surface area contributed by atoms with E-state index in [0.29, 0.717) is 5.11 Å². The summed E-state index contributed by atoms with van der Waals surface area (Å²) < 4.78 is 13.7. The lowest BCUT2D eigenvalue weighted by atomic mass is 10.0. The van der Waals surface area contributed by atoms with Crippen molar-refractivity contribution in [3.8, 4) is 0 Å². The van der Waals surface area contributed by atoms with Gasteiger partial charge in [-0.05, 0) is 55.7 Å². The molecule has 2 N–H and O–H groups in total. The van der Waals surface area contributed by atoms with Gasteiger partial charge in [0, 0.05) is 24.8 Å². The lowest BCUT2D eigenvalue weighted by Gasteiger charge is -2.34. The van der Waals surface area contributed by atoms with Crippen LogP contribution in [0.4, 0.5) is 10.1 Å². The standard InChI is InChI=1S/C20H22FN3OS/c1-14-6-2-5-9-18(14)23-20(26)24-12-10-15(11-13-24)22-19(25)16-7-3-4-8-17(16)21/h2-9,15H,10-13H2,1H3,(H,22,25)(H,23,26). The number of para-hydroxylation sites is 1. The molecule has 0 spiro atoms. The number of piperidine rings is 1. The number of carbonyl (C=O) groups is 1. The number of aryl methyl sites for hydroxylation is 1. The first kappa shape index (κ1) is 18.3. The van der Waals surface area contributed by atoms with Gasteiger partial charge in [-0.2, -0.15) is 0 Å². The Morgan fingerprint density at radius 3 is 2.46 bits per heavy atom. The molecule has 136 valence electrons. The minimum atomic E-state index is -0.494. The van der Waals surface area contributed by atoms with Gasteiger partial charge in [0.25, 0.3) is 5.91 Å². The summed E-state index contributed by atoms with van der Waals surface area (Å²) >= 11 is 5.51. The summed E-state index contributed by atoms with van der Waals surface area (Å²) in [5.41, 5.74) is 2.24. The van der Waals surface area contributed by atoms with Crippen molar-refractivity contribution in [1.29, 1.82) is 0 Å². The molecule has 0 aromatic heterocycles. The van der Waals surface area contributed by atoms with Crippen molar-refractivity contribution in [2.24, 2.45) is 0 Å². The van der Waals surface area contributed by atoms with Gasteiger partial charge in [0.15, 0.2) is 5.11 Å². The largest absolute Gasteiger partial charge is 0.349 e. The van der Waals surface area contributed by atoms with Gasteiger partial charge in [0.05, 0.1) is 5.56 Å². The quantitative estimate of drug-likeness (QED) is 0.807. The summed E-state index contributed by atoms with van der Waals surface area (Å²) in [4.78, 5) is 14.3.